The molecule has 0 aliphatic carbocycles. The Hall–Kier alpha value is -2.61. The zero-order valence-electron chi connectivity index (χ0n) is 23.1. The number of rotatable bonds is 15. The quantitative estimate of drug-likeness (QED) is 0.291. The fourth-order valence-electron chi connectivity index (χ4n) is 5.03. The summed E-state index contributed by atoms with van der Waals surface area (Å²) in [7, 11) is 0. The van der Waals surface area contributed by atoms with Crippen molar-refractivity contribution in [3.63, 3.8) is 0 Å². The zero-order valence-corrected chi connectivity index (χ0v) is 23.1. The molecule has 1 fully saturated rings. The molecule has 0 bridgehead atoms. The van der Waals surface area contributed by atoms with E-state index < -0.39 is 5.79 Å². The third-order valence-electron chi connectivity index (χ3n) is 7.17. The smallest absolute Gasteiger partial charge is 0.410 e. The Balaban J connectivity index is 1.03. The number of aryl methyl sites for hydroxylation is 1. The highest BCUT2D eigenvalue weighted by atomic mass is 16.7. The average molecular weight is 525 g/mol. The molecule has 38 heavy (non-hydrogen) atoms. The van der Waals surface area contributed by atoms with E-state index in [0.29, 0.717) is 19.7 Å². The SMILES string of the molecule is CC1(C)OCc2cc([C@@H]3CN(CCCCCCOCCCCc4cccc(CCN)c4)C(=O)O3)ccc2O1. The van der Waals surface area contributed by atoms with Gasteiger partial charge in [0, 0.05) is 39.2 Å². The van der Waals surface area contributed by atoms with Gasteiger partial charge in [0.2, 0.25) is 5.79 Å². The molecule has 2 aliphatic heterocycles. The van der Waals surface area contributed by atoms with Crippen molar-refractivity contribution >= 4 is 6.09 Å². The molecule has 0 aromatic heterocycles. The Bertz CT molecular complexity index is 1040. The Kier molecular flexibility index (Phi) is 10.4. The van der Waals surface area contributed by atoms with Gasteiger partial charge in [0.1, 0.15) is 11.9 Å². The van der Waals surface area contributed by atoms with Crippen molar-refractivity contribution < 1.29 is 23.7 Å². The fourth-order valence-corrected chi connectivity index (χ4v) is 5.03. The number of ether oxygens (including phenoxy) is 4. The van der Waals surface area contributed by atoms with E-state index in [1.54, 1.807) is 0 Å². The maximum Gasteiger partial charge on any atom is 0.410 e. The first kappa shape index (κ1) is 28.4. The number of fused-ring (bicyclic) bond motifs is 1. The third kappa shape index (κ3) is 8.45. The lowest BCUT2D eigenvalue weighted by molar-refractivity contribution is -0.180. The number of nitrogens with two attached hydrogens (primary N) is 1. The van der Waals surface area contributed by atoms with Gasteiger partial charge in [-0.05, 0) is 73.9 Å². The van der Waals surface area contributed by atoms with E-state index in [4.69, 9.17) is 24.7 Å². The molecule has 0 unspecified atom stereocenters. The van der Waals surface area contributed by atoms with Crippen LogP contribution in [-0.4, -0.2) is 49.6 Å². The monoisotopic (exact) mass is 524 g/mol. The van der Waals surface area contributed by atoms with Gasteiger partial charge in [0.15, 0.2) is 0 Å². The highest BCUT2D eigenvalue weighted by molar-refractivity contribution is 5.70. The van der Waals surface area contributed by atoms with Crippen LogP contribution in [0.3, 0.4) is 0 Å². The van der Waals surface area contributed by atoms with Gasteiger partial charge < -0.3 is 29.6 Å². The minimum atomic E-state index is -0.616. The van der Waals surface area contributed by atoms with Crippen molar-refractivity contribution in [2.24, 2.45) is 5.73 Å². The Morgan fingerprint density at radius 3 is 2.55 bits per heavy atom. The summed E-state index contributed by atoms with van der Waals surface area (Å²) < 4.78 is 23.1. The van der Waals surface area contributed by atoms with E-state index in [9.17, 15) is 4.79 Å². The lowest BCUT2D eigenvalue weighted by Crippen LogP contribution is -2.35. The van der Waals surface area contributed by atoms with Crippen molar-refractivity contribution in [2.75, 3.05) is 32.8 Å². The largest absolute Gasteiger partial charge is 0.463 e. The topological polar surface area (TPSA) is 83.2 Å². The summed E-state index contributed by atoms with van der Waals surface area (Å²) in [5, 5.41) is 0. The van der Waals surface area contributed by atoms with E-state index in [1.807, 2.05) is 36.9 Å². The summed E-state index contributed by atoms with van der Waals surface area (Å²) in [4.78, 5) is 14.2. The molecule has 2 N–H and O–H groups in total. The van der Waals surface area contributed by atoms with Crippen LogP contribution < -0.4 is 10.5 Å². The molecular formula is C31H44N2O5. The predicted molar refractivity (Wildman–Crippen MR) is 148 cm³/mol. The number of benzene rings is 2. The molecule has 0 radical (unpaired) electrons. The van der Waals surface area contributed by atoms with Crippen LogP contribution in [0.4, 0.5) is 4.79 Å². The van der Waals surface area contributed by atoms with Gasteiger partial charge in [-0.15, -0.1) is 0 Å². The van der Waals surface area contributed by atoms with Crippen molar-refractivity contribution in [3.8, 4) is 5.75 Å². The number of unbranched alkanes of at least 4 members (excludes halogenated alkanes) is 4. The number of amides is 1. The molecule has 7 heteroatoms. The van der Waals surface area contributed by atoms with Crippen molar-refractivity contribution in [2.45, 2.75) is 83.7 Å². The predicted octanol–water partition coefficient (Wildman–Crippen LogP) is 5.93. The van der Waals surface area contributed by atoms with Gasteiger partial charge in [0.05, 0.1) is 13.2 Å². The van der Waals surface area contributed by atoms with E-state index in [-0.39, 0.29) is 12.2 Å². The van der Waals surface area contributed by atoms with Crippen LogP contribution in [0, 0.1) is 0 Å². The van der Waals surface area contributed by atoms with Crippen LogP contribution in [0.1, 0.15) is 80.7 Å². The number of hydrogen-bond donors (Lipinski definition) is 1. The zero-order chi connectivity index (χ0) is 26.8. The first-order chi connectivity index (χ1) is 18.4. The number of carbonyl (C=O) groups is 1. The van der Waals surface area contributed by atoms with Gasteiger partial charge in [0.25, 0.3) is 0 Å². The van der Waals surface area contributed by atoms with Crippen LogP contribution >= 0.6 is 0 Å². The summed E-state index contributed by atoms with van der Waals surface area (Å²) >= 11 is 0. The summed E-state index contributed by atoms with van der Waals surface area (Å²) in [5.41, 5.74) is 10.4. The molecule has 7 nitrogen and oxygen atoms in total. The molecule has 2 aromatic rings. The van der Waals surface area contributed by atoms with Crippen molar-refractivity contribution in [1.29, 1.82) is 0 Å². The van der Waals surface area contributed by atoms with Gasteiger partial charge >= 0.3 is 6.09 Å². The number of nitrogens with zero attached hydrogens (tertiary/aromatic N) is 1. The van der Waals surface area contributed by atoms with Crippen LogP contribution in [-0.2, 0) is 33.7 Å². The summed E-state index contributed by atoms with van der Waals surface area (Å²) in [6.07, 6.45) is 8.03. The number of hydrogen-bond acceptors (Lipinski definition) is 6. The van der Waals surface area contributed by atoms with Crippen LogP contribution in [0.5, 0.6) is 5.75 Å². The maximum absolute atomic E-state index is 12.4. The van der Waals surface area contributed by atoms with Crippen LogP contribution in [0.15, 0.2) is 42.5 Å². The molecule has 1 atom stereocenters. The molecule has 2 heterocycles. The fraction of sp³-hybridized carbons (Fsp3) is 0.581. The van der Waals surface area contributed by atoms with Crippen LogP contribution in [0.2, 0.25) is 0 Å². The summed E-state index contributed by atoms with van der Waals surface area (Å²) in [6.45, 7) is 7.95. The molecule has 4 rings (SSSR count). The second-order valence-corrected chi connectivity index (χ2v) is 10.8. The Morgan fingerprint density at radius 2 is 1.74 bits per heavy atom. The number of cyclic esters (lactones) is 1. The second-order valence-electron chi connectivity index (χ2n) is 10.8. The standard InChI is InChI=1S/C31H44N2O5/c1-31(2)36-23-27-21-26(13-14-28(27)38-31)29-22-33(30(34)37-29)17-6-3-4-7-18-35-19-8-5-10-24-11-9-12-25(20-24)15-16-32/h9,11-14,20-21,29H,3-8,10,15-19,22-23,32H2,1-2H3/t29-/m0/s1. The van der Waals surface area contributed by atoms with E-state index in [1.165, 1.54) is 11.1 Å². The van der Waals surface area contributed by atoms with Gasteiger partial charge in [-0.2, -0.15) is 0 Å². The van der Waals surface area contributed by atoms with Gasteiger partial charge in [-0.1, -0.05) is 43.2 Å². The Labute approximate surface area is 227 Å². The molecule has 2 aliphatic rings. The molecule has 0 spiro atoms. The third-order valence-corrected chi connectivity index (χ3v) is 7.17. The summed E-state index contributed by atoms with van der Waals surface area (Å²) in [6, 6.07) is 14.7. The highest BCUT2D eigenvalue weighted by Crippen LogP contribution is 2.35. The van der Waals surface area contributed by atoms with Crippen LogP contribution in [0.25, 0.3) is 0 Å². The lowest BCUT2D eigenvalue weighted by atomic mass is 10.0. The summed E-state index contributed by atoms with van der Waals surface area (Å²) in [5.74, 6) is 0.217. The minimum Gasteiger partial charge on any atom is -0.463 e. The maximum atomic E-state index is 12.4. The first-order valence-electron chi connectivity index (χ1n) is 14.2. The van der Waals surface area contributed by atoms with Crippen molar-refractivity contribution in [3.05, 3.63) is 64.7 Å². The van der Waals surface area contributed by atoms with Gasteiger partial charge in [-0.3, -0.25) is 0 Å². The molecule has 1 saturated heterocycles. The minimum absolute atomic E-state index is 0.226. The molecular weight excluding hydrogens is 480 g/mol. The molecule has 0 saturated carbocycles. The molecule has 1 amide bonds. The normalized spacial score (nSPS) is 18.2. The van der Waals surface area contributed by atoms with E-state index in [2.05, 4.69) is 24.3 Å². The van der Waals surface area contributed by atoms with Gasteiger partial charge in [-0.25, -0.2) is 4.79 Å². The number of carbonyl (C=O) groups excluding carboxylic acids is 1. The van der Waals surface area contributed by atoms with E-state index in [0.717, 1.165) is 88.0 Å². The Morgan fingerprint density at radius 1 is 0.974 bits per heavy atom. The lowest BCUT2D eigenvalue weighted by Gasteiger charge is -2.32. The first-order valence-corrected chi connectivity index (χ1v) is 14.2. The van der Waals surface area contributed by atoms with E-state index >= 15 is 0 Å². The second kappa shape index (κ2) is 14.0. The molecule has 2 aromatic carbocycles. The average Bonchev–Trinajstić information content (AvgIpc) is 3.27. The molecule has 208 valence electrons. The highest BCUT2D eigenvalue weighted by Gasteiger charge is 2.33. The van der Waals surface area contributed by atoms with Crippen molar-refractivity contribution in [1.82, 2.24) is 4.90 Å².